The molecule has 7 heteroatoms. The van der Waals surface area contributed by atoms with E-state index in [0.717, 1.165) is 38.6 Å². The van der Waals surface area contributed by atoms with E-state index in [4.69, 9.17) is 9.47 Å². The van der Waals surface area contributed by atoms with E-state index >= 15 is 0 Å². The number of unbranched alkanes of at least 4 members (excludes halogenated alkanes) is 1. The zero-order valence-corrected chi connectivity index (χ0v) is 25.0. The highest BCUT2D eigenvalue weighted by Crippen LogP contribution is 2.26. The van der Waals surface area contributed by atoms with Crippen molar-refractivity contribution in [2.24, 2.45) is 16.2 Å². The van der Waals surface area contributed by atoms with Crippen LogP contribution in [0.15, 0.2) is 0 Å². The molecule has 0 aliphatic rings. The zero-order chi connectivity index (χ0) is 28.3. The summed E-state index contributed by atoms with van der Waals surface area (Å²) in [5.74, 6) is -1.08. The molecule has 210 valence electrons. The predicted molar refractivity (Wildman–Crippen MR) is 141 cm³/mol. The first-order valence-electron chi connectivity index (χ1n) is 13.4. The summed E-state index contributed by atoms with van der Waals surface area (Å²) < 4.78 is 10.2. The number of rotatable bonds is 14. The third-order valence-electron chi connectivity index (χ3n) is 6.51. The van der Waals surface area contributed by atoms with Gasteiger partial charge in [-0.3, -0.25) is 9.59 Å². The highest BCUT2D eigenvalue weighted by Gasteiger charge is 2.27. The Morgan fingerprint density at radius 1 is 0.714 bits per heavy atom. The van der Waals surface area contributed by atoms with Gasteiger partial charge in [-0.05, 0) is 59.8 Å². The first kappa shape index (κ1) is 37.9. The number of aliphatic carboxylic acids is 1. The summed E-state index contributed by atoms with van der Waals surface area (Å²) in [6.07, 6.45) is 5.96. The van der Waals surface area contributed by atoms with Gasteiger partial charge in [-0.25, -0.2) is 0 Å². The first-order valence-corrected chi connectivity index (χ1v) is 13.4. The number of ether oxygens (including phenoxy) is 2. The molecule has 0 saturated heterocycles. The van der Waals surface area contributed by atoms with Crippen molar-refractivity contribution in [2.45, 2.75) is 114 Å². The highest BCUT2D eigenvalue weighted by molar-refractivity contribution is 5.76. The minimum absolute atomic E-state index is 0.0709. The monoisotopic (exact) mass is 503 g/mol. The van der Waals surface area contributed by atoms with Crippen molar-refractivity contribution in [3.8, 4) is 0 Å². The van der Waals surface area contributed by atoms with Crippen LogP contribution in [-0.4, -0.2) is 51.8 Å². The Hall–Kier alpha value is -1.63. The maximum absolute atomic E-state index is 11.4. The number of carbonyl (C=O) groups is 3. The van der Waals surface area contributed by atoms with Crippen LogP contribution in [0.5, 0.6) is 0 Å². The van der Waals surface area contributed by atoms with Crippen LogP contribution in [0.4, 0.5) is 0 Å². The normalized spacial score (nSPS) is 12.9. The van der Waals surface area contributed by atoms with Gasteiger partial charge in [-0.1, -0.05) is 54.4 Å². The maximum Gasteiger partial charge on any atom is 0.311 e. The summed E-state index contributed by atoms with van der Waals surface area (Å²) >= 11 is 0. The van der Waals surface area contributed by atoms with Crippen LogP contribution in [0.3, 0.4) is 0 Å². The molecule has 0 spiro atoms. The molecule has 0 saturated carbocycles. The maximum atomic E-state index is 11.4. The van der Waals surface area contributed by atoms with E-state index in [9.17, 15) is 19.5 Å². The van der Waals surface area contributed by atoms with Crippen LogP contribution in [0.1, 0.15) is 114 Å². The lowest BCUT2D eigenvalue weighted by Gasteiger charge is -2.28. The van der Waals surface area contributed by atoms with Gasteiger partial charge >= 0.3 is 11.9 Å². The second kappa shape index (κ2) is 19.5. The lowest BCUT2D eigenvalue weighted by atomic mass is 9.83. The molecular weight excluding hydrogens is 446 g/mol. The molecule has 1 atom stereocenters. The lowest BCUT2D eigenvalue weighted by molar-refractivity contribution is -0.858. The lowest BCUT2D eigenvalue weighted by Crippen LogP contribution is -3.06. The Kier molecular flexibility index (Phi) is 21.2. The smallest absolute Gasteiger partial charge is 0.311 e. The Morgan fingerprint density at radius 2 is 1.14 bits per heavy atom. The summed E-state index contributed by atoms with van der Waals surface area (Å²) in [5, 5.41) is 10.5. The van der Waals surface area contributed by atoms with E-state index in [1.807, 2.05) is 69.5 Å². The van der Waals surface area contributed by atoms with Crippen molar-refractivity contribution >= 4 is 17.9 Å². The second-order valence-corrected chi connectivity index (χ2v) is 11.0. The number of esters is 2. The van der Waals surface area contributed by atoms with Crippen molar-refractivity contribution in [1.82, 2.24) is 0 Å². The van der Waals surface area contributed by atoms with Gasteiger partial charge < -0.3 is 24.3 Å². The first-order chi connectivity index (χ1) is 16.0. The molecule has 0 aromatic heterocycles. The summed E-state index contributed by atoms with van der Waals surface area (Å²) in [7, 11) is 4.08. The van der Waals surface area contributed by atoms with Crippen LogP contribution in [0, 0.1) is 16.2 Å². The summed E-state index contributed by atoms with van der Waals surface area (Å²) in [4.78, 5) is 34.6. The zero-order valence-electron chi connectivity index (χ0n) is 25.0. The molecule has 0 aliphatic heterocycles. The standard InChI is InChI=1S/C10H21NO2.C10H20O2.C8H16O2/c1-6-10(2,3)9(12)13-8-7-11(4)5;1-5-7-8-12-9(11)10(3,4)6-2;1-4-6-8(3,5-2)7(9)10/h6-8H2,1-5H3;5-8H2,1-4H3;4-6H2,1-3H3,(H,9,10). The summed E-state index contributed by atoms with van der Waals surface area (Å²) in [6, 6.07) is 0. The molecule has 0 heterocycles. The van der Waals surface area contributed by atoms with Crippen molar-refractivity contribution in [3.05, 3.63) is 0 Å². The fraction of sp³-hybridized carbons (Fsp3) is 0.893. The van der Waals surface area contributed by atoms with Crippen LogP contribution >= 0.6 is 0 Å². The van der Waals surface area contributed by atoms with Crippen LogP contribution in [-0.2, 0) is 23.9 Å². The number of carboxylic acids is 1. The van der Waals surface area contributed by atoms with Crippen LogP contribution < -0.4 is 10.0 Å². The molecule has 0 fully saturated rings. The SMILES string of the molecule is CCC(C)(C)C(=O)OCC[NH+](C)C.CCCC(C)(CC)C(=O)[O-].CCCCOC(=O)C(C)(C)CC. The minimum Gasteiger partial charge on any atom is -0.550 e. The average molecular weight is 504 g/mol. The van der Waals surface area contributed by atoms with E-state index < -0.39 is 11.4 Å². The van der Waals surface area contributed by atoms with Gasteiger partial charge in [0, 0.05) is 11.4 Å². The van der Waals surface area contributed by atoms with Gasteiger partial charge in [-0.15, -0.1) is 0 Å². The third kappa shape index (κ3) is 18.3. The molecule has 0 rings (SSSR count). The number of carbonyl (C=O) groups excluding carboxylic acids is 3. The van der Waals surface area contributed by atoms with Gasteiger partial charge in [0.15, 0.2) is 0 Å². The van der Waals surface area contributed by atoms with E-state index in [1.165, 1.54) is 4.90 Å². The third-order valence-corrected chi connectivity index (χ3v) is 6.51. The minimum atomic E-state index is -0.920. The molecule has 0 radical (unpaired) electrons. The quantitative estimate of drug-likeness (QED) is 0.286. The molecule has 0 bridgehead atoms. The molecule has 1 unspecified atom stereocenters. The van der Waals surface area contributed by atoms with E-state index in [1.54, 1.807) is 6.92 Å². The molecule has 0 amide bonds. The van der Waals surface area contributed by atoms with Crippen molar-refractivity contribution in [2.75, 3.05) is 33.9 Å². The van der Waals surface area contributed by atoms with E-state index in [0.29, 0.717) is 26.1 Å². The molecule has 7 nitrogen and oxygen atoms in total. The van der Waals surface area contributed by atoms with Crippen molar-refractivity contribution in [3.63, 3.8) is 0 Å². The van der Waals surface area contributed by atoms with Gasteiger partial charge in [0.25, 0.3) is 0 Å². The van der Waals surface area contributed by atoms with Crippen molar-refractivity contribution in [1.29, 1.82) is 0 Å². The Bertz CT molecular complexity index is 586. The topological polar surface area (TPSA) is 97.2 Å². The average Bonchev–Trinajstić information content (AvgIpc) is 2.79. The van der Waals surface area contributed by atoms with Gasteiger partial charge in [0.2, 0.25) is 0 Å². The van der Waals surface area contributed by atoms with Gasteiger partial charge in [0.05, 0.1) is 31.5 Å². The van der Waals surface area contributed by atoms with E-state index in [-0.39, 0.29) is 22.8 Å². The van der Waals surface area contributed by atoms with Gasteiger partial charge in [0.1, 0.15) is 13.2 Å². The fourth-order valence-electron chi connectivity index (χ4n) is 2.31. The predicted octanol–water partition coefficient (Wildman–Crippen LogP) is 3.83. The molecule has 0 aliphatic carbocycles. The number of nitrogens with one attached hydrogen (secondary N) is 1. The Morgan fingerprint density at radius 3 is 1.40 bits per heavy atom. The van der Waals surface area contributed by atoms with Crippen LogP contribution in [0.25, 0.3) is 0 Å². The highest BCUT2D eigenvalue weighted by atomic mass is 16.5. The number of quaternary nitrogens is 1. The number of likely N-dealkylation sites (N-methyl/N-ethyl adjacent to an activating group) is 1. The molecule has 1 N–H and O–H groups in total. The summed E-state index contributed by atoms with van der Waals surface area (Å²) in [5.41, 5.74) is -1.25. The fourth-order valence-corrected chi connectivity index (χ4v) is 2.31. The van der Waals surface area contributed by atoms with Crippen molar-refractivity contribution < 1.29 is 33.9 Å². The summed E-state index contributed by atoms with van der Waals surface area (Å²) in [6.45, 7) is 21.3. The largest absolute Gasteiger partial charge is 0.550 e. The second-order valence-electron chi connectivity index (χ2n) is 11.0. The molecular formula is C28H57NO6. The Labute approximate surface area is 216 Å². The number of carboxylic acid groups (broad SMARTS) is 1. The Balaban J connectivity index is -0.000000443. The van der Waals surface area contributed by atoms with Gasteiger partial charge in [-0.2, -0.15) is 0 Å². The van der Waals surface area contributed by atoms with Crippen LogP contribution in [0.2, 0.25) is 0 Å². The molecule has 0 aromatic carbocycles. The number of hydrogen-bond acceptors (Lipinski definition) is 6. The van der Waals surface area contributed by atoms with E-state index in [2.05, 4.69) is 6.92 Å². The molecule has 0 aromatic rings. The number of hydrogen-bond donors (Lipinski definition) is 1. The molecule has 35 heavy (non-hydrogen) atoms.